The number of hydrogen-bond acceptors (Lipinski definition) is 5. The summed E-state index contributed by atoms with van der Waals surface area (Å²) in [5, 5.41) is 13.5. The van der Waals surface area contributed by atoms with Crippen molar-refractivity contribution in [3.63, 3.8) is 0 Å². The van der Waals surface area contributed by atoms with Crippen molar-refractivity contribution in [2.45, 2.75) is 69.5 Å². The summed E-state index contributed by atoms with van der Waals surface area (Å²) in [5.74, 6) is -2.31. The molecular formula is C16H25F3N2O3. The van der Waals surface area contributed by atoms with Gasteiger partial charge in [0.25, 0.3) is 0 Å². The van der Waals surface area contributed by atoms with Gasteiger partial charge in [-0.15, -0.1) is 0 Å². The van der Waals surface area contributed by atoms with Crippen molar-refractivity contribution in [2.75, 3.05) is 19.6 Å². The number of nitrogens with zero attached hydrogens (tertiary/aromatic N) is 1. The lowest BCUT2D eigenvalue weighted by Crippen LogP contribution is -2.47. The highest BCUT2D eigenvalue weighted by Crippen LogP contribution is 2.45. The number of nitrogens with one attached hydrogen (secondary N) is 1. The molecule has 0 amide bonds. The minimum atomic E-state index is -5.08. The van der Waals surface area contributed by atoms with E-state index in [1.165, 1.54) is 0 Å². The number of esters is 1. The molecule has 0 aromatic carbocycles. The fourth-order valence-electron chi connectivity index (χ4n) is 4.60. The topological polar surface area (TPSA) is 61.8 Å². The zero-order chi connectivity index (χ0) is 17.4. The number of rotatable bonds is 3. The van der Waals surface area contributed by atoms with E-state index in [2.05, 4.69) is 15.0 Å². The highest BCUT2D eigenvalue weighted by Gasteiger charge is 2.51. The van der Waals surface area contributed by atoms with Crippen LogP contribution in [0.3, 0.4) is 0 Å². The van der Waals surface area contributed by atoms with Crippen molar-refractivity contribution in [1.82, 2.24) is 10.2 Å². The number of ether oxygens (including phenoxy) is 1. The Bertz CT molecular complexity index is 460. The Morgan fingerprint density at radius 3 is 2.46 bits per heavy atom. The second-order valence-corrected chi connectivity index (χ2v) is 7.43. The largest absolute Gasteiger partial charge is 0.491 e. The first kappa shape index (κ1) is 17.9. The van der Waals surface area contributed by atoms with Gasteiger partial charge in [-0.3, -0.25) is 4.90 Å². The fourth-order valence-corrected chi connectivity index (χ4v) is 4.60. The zero-order valence-electron chi connectivity index (χ0n) is 13.6. The highest BCUT2D eigenvalue weighted by atomic mass is 19.4. The van der Waals surface area contributed by atoms with Gasteiger partial charge in [0.1, 0.15) is 0 Å². The normalized spacial score (nSPS) is 29.9. The van der Waals surface area contributed by atoms with Crippen molar-refractivity contribution in [3.05, 3.63) is 0 Å². The average Bonchev–Trinajstić information content (AvgIpc) is 3.15. The molecule has 3 fully saturated rings. The van der Waals surface area contributed by atoms with Crippen LogP contribution in [0, 0.1) is 5.41 Å². The molecule has 0 aromatic heterocycles. The number of aliphatic hydroxyl groups is 1. The lowest BCUT2D eigenvalue weighted by Gasteiger charge is -2.35. The molecule has 3 rings (SSSR count). The molecule has 24 heavy (non-hydrogen) atoms. The molecule has 2 N–H and O–H groups in total. The molecule has 3 aliphatic rings. The molecule has 2 saturated heterocycles. The Morgan fingerprint density at radius 2 is 1.88 bits per heavy atom. The van der Waals surface area contributed by atoms with Gasteiger partial charge in [0, 0.05) is 12.6 Å². The third kappa shape index (κ3) is 3.70. The summed E-state index contributed by atoms with van der Waals surface area (Å²) in [6.45, 7) is 2.53. The molecule has 2 atom stereocenters. The van der Waals surface area contributed by atoms with Crippen molar-refractivity contribution in [1.29, 1.82) is 0 Å². The minimum absolute atomic E-state index is 0.00409. The molecule has 138 valence electrons. The molecule has 8 heteroatoms. The third-order valence-corrected chi connectivity index (χ3v) is 5.83. The van der Waals surface area contributed by atoms with Crippen LogP contribution < -0.4 is 5.32 Å². The van der Waals surface area contributed by atoms with Crippen LogP contribution in [-0.2, 0) is 9.53 Å². The number of carbonyl (C=O) groups excluding carboxylic acids is 1. The second-order valence-electron chi connectivity index (χ2n) is 7.43. The Labute approximate surface area is 139 Å². The van der Waals surface area contributed by atoms with Crippen molar-refractivity contribution in [3.8, 4) is 0 Å². The molecule has 0 bridgehead atoms. The summed E-state index contributed by atoms with van der Waals surface area (Å²) in [5.41, 5.74) is 0.00409. The number of halogens is 3. The van der Waals surface area contributed by atoms with Gasteiger partial charge in [-0.2, -0.15) is 13.2 Å². The molecular weight excluding hydrogens is 325 g/mol. The second kappa shape index (κ2) is 6.80. The summed E-state index contributed by atoms with van der Waals surface area (Å²) >= 11 is 0. The van der Waals surface area contributed by atoms with Gasteiger partial charge in [-0.1, -0.05) is 12.8 Å². The predicted molar refractivity (Wildman–Crippen MR) is 80.1 cm³/mol. The van der Waals surface area contributed by atoms with Gasteiger partial charge in [-0.25, -0.2) is 4.79 Å². The summed E-state index contributed by atoms with van der Waals surface area (Å²) in [4.78, 5) is 13.2. The van der Waals surface area contributed by atoms with Crippen LogP contribution in [0.25, 0.3) is 0 Å². The quantitative estimate of drug-likeness (QED) is 0.600. The maximum atomic E-state index is 12.4. The van der Waals surface area contributed by atoms with Crippen LogP contribution in [0.1, 0.15) is 44.9 Å². The van der Waals surface area contributed by atoms with E-state index in [0.29, 0.717) is 6.42 Å². The number of aliphatic hydroxyl groups excluding tert-OH is 1. The Balaban J connectivity index is 1.73. The van der Waals surface area contributed by atoms with E-state index in [1.807, 2.05) is 0 Å². The lowest BCUT2D eigenvalue weighted by molar-refractivity contribution is -0.226. The lowest BCUT2D eigenvalue weighted by atomic mass is 9.77. The van der Waals surface area contributed by atoms with E-state index < -0.39 is 24.5 Å². The van der Waals surface area contributed by atoms with Crippen LogP contribution in [0.4, 0.5) is 13.2 Å². The molecule has 1 spiro atoms. The van der Waals surface area contributed by atoms with Crippen molar-refractivity contribution >= 4 is 5.97 Å². The third-order valence-electron chi connectivity index (χ3n) is 5.83. The molecule has 2 heterocycles. The van der Waals surface area contributed by atoms with Gasteiger partial charge in [0.05, 0.1) is 6.04 Å². The summed E-state index contributed by atoms with van der Waals surface area (Å²) in [6.07, 6.45) is -0.174. The van der Waals surface area contributed by atoms with Crippen LogP contribution in [0.5, 0.6) is 0 Å². The Kier molecular flexibility index (Phi) is 5.09. The summed E-state index contributed by atoms with van der Waals surface area (Å²) in [7, 11) is 0. The van der Waals surface area contributed by atoms with Crippen LogP contribution >= 0.6 is 0 Å². The van der Waals surface area contributed by atoms with Gasteiger partial charge in [0.15, 0.2) is 0 Å². The van der Waals surface area contributed by atoms with E-state index in [-0.39, 0.29) is 11.5 Å². The first-order chi connectivity index (χ1) is 11.3. The maximum absolute atomic E-state index is 12.4. The molecule has 0 radical (unpaired) electrons. The summed E-state index contributed by atoms with van der Waals surface area (Å²) in [6, 6.07) is -0.277. The SMILES string of the molecule is O=C(OC(O)C1CC2(CCNCC2)CN1C1CCCC1)C(F)(F)F. The monoisotopic (exact) mass is 350 g/mol. The number of carbonyl (C=O) groups is 1. The summed E-state index contributed by atoms with van der Waals surface area (Å²) < 4.78 is 41.7. The Morgan fingerprint density at radius 1 is 1.25 bits per heavy atom. The predicted octanol–water partition coefficient (Wildman–Crippen LogP) is 1.80. The molecule has 1 saturated carbocycles. The van der Waals surface area contributed by atoms with E-state index in [0.717, 1.165) is 58.2 Å². The van der Waals surface area contributed by atoms with Gasteiger partial charge >= 0.3 is 12.1 Å². The molecule has 2 aliphatic heterocycles. The average molecular weight is 350 g/mol. The van der Waals surface area contributed by atoms with Crippen LogP contribution in [-0.4, -0.2) is 60.2 Å². The standard InChI is InChI=1S/C16H25F3N2O3/c17-16(18,19)14(23)24-13(22)12-9-15(5-7-20-8-6-15)10-21(12)11-3-1-2-4-11/h11-13,20,22H,1-10H2. The smallest absolute Gasteiger partial charge is 0.428 e. The van der Waals surface area contributed by atoms with Gasteiger partial charge in [-0.05, 0) is 50.6 Å². The van der Waals surface area contributed by atoms with Crippen molar-refractivity contribution < 1.29 is 27.8 Å². The highest BCUT2D eigenvalue weighted by molar-refractivity contribution is 5.75. The molecule has 5 nitrogen and oxygen atoms in total. The maximum Gasteiger partial charge on any atom is 0.491 e. The Hall–Kier alpha value is -0.860. The van der Waals surface area contributed by atoms with Gasteiger partial charge in [0.2, 0.25) is 6.29 Å². The first-order valence-electron chi connectivity index (χ1n) is 8.73. The fraction of sp³-hybridized carbons (Fsp3) is 0.938. The molecule has 0 aromatic rings. The molecule has 2 unspecified atom stereocenters. The number of alkyl halides is 3. The number of likely N-dealkylation sites (tertiary alicyclic amines) is 1. The molecule has 1 aliphatic carbocycles. The van der Waals surface area contributed by atoms with Crippen LogP contribution in [0.2, 0.25) is 0 Å². The number of hydrogen-bond donors (Lipinski definition) is 2. The zero-order valence-corrected chi connectivity index (χ0v) is 13.6. The number of piperidine rings is 1. The van der Waals surface area contributed by atoms with Gasteiger partial charge < -0.3 is 15.2 Å². The van der Waals surface area contributed by atoms with E-state index >= 15 is 0 Å². The van der Waals surface area contributed by atoms with E-state index in [4.69, 9.17) is 0 Å². The van der Waals surface area contributed by atoms with E-state index in [9.17, 15) is 23.1 Å². The minimum Gasteiger partial charge on any atom is -0.428 e. The van der Waals surface area contributed by atoms with E-state index in [1.54, 1.807) is 0 Å². The first-order valence-corrected chi connectivity index (χ1v) is 8.73. The van der Waals surface area contributed by atoms with Crippen LogP contribution in [0.15, 0.2) is 0 Å². The van der Waals surface area contributed by atoms with Crippen molar-refractivity contribution in [2.24, 2.45) is 5.41 Å².